The summed E-state index contributed by atoms with van der Waals surface area (Å²) in [4.78, 5) is 0. The summed E-state index contributed by atoms with van der Waals surface area (Å²) in [5.41, 5.74) is 0.0985. The summed E-state index contributed by atoms with van der Waals surface area (Å²) in [6.07, 6.45) is 10.7. The average molecular weight is 200 g/mol. The number of allylic oxidation sites excluding steroid dienone is 2. The largest absolute Gasteiger partial charge is 0.423 e. The van der Waals surface area contributed by atoms with Crippen LogP contribution in [0.5, 0.6) is 0 Å². The Labute approximate surface area is 86.1 Å². The van der Waals surface area contributed by atoms with Gasteiger partial charge in [0.2, 0.25) is 0 Å². The van der Waals surface area contributed by atoms with Gasteiger partial charge in [0.15, 0.2) is 0 Å². The molecule has 2 heteroatoms. The number of unbranched alkanes of at least 4 members (excludes halogenated alkanes) is 2. The van der Waals surface area contributed by atoms with Crippen molar-refractivity contribution in [3.63, 3.8) is 0 Å². The molecule has 0 aliphatic carbocycles. The van der Waals surface area contributed by atoms with Crippen LogP contribution in [0.25, 0.3) is 0 Å². The summed E-state index contributed by atoms with van der Waals surface area (Å²) >= 11 is 0. The molecule has 0 aliphatic rings. The van der Waals surface area contributed by atoms with E-state index in [1.54, 1.807) is 0 Å². The first-order valence-electron chi connectivity index (χ1n) is 5.32. The fourth-order valence-corrected chi connectivity index (χ4v) is 1.29. The standard InChI is InChI=1S/C11H24OSi/c1-4-5-6-7-8-9-10-11(2,3)12-13/h7-8H,4-6,9-10H2,1-3,13H3. The van der Waals surface area contributed by atoms with Gasteiger partial charge in [0.05, 0.1) is 0 Å². The van der Waals surface area contributed by atoms with Crippen LogP contribution in [0.1, 0.15) is 52.9 Å². The van der Waals surface area contributed by atoms with Gasteiger partial charge in [-0.25, -0.2) is 0 Å². The van der Waals surface area contributed by atoms with Gasteiger partial charge in [-0.1, -0.05) is 31.9 Å². The predicted molar refractivity (Wildman–Crippen MR) is 63.0 cm³/mol. The van der Waals surface area contributed by atoms with Gasteiger partial charge in [-0.3, -0.25) is 0 Å². The van der Waals surface area contributed by atoms with Crippen LogP contribution in [0.2, 0.25) is 0 Å². The molecule has 0 atom stereocenters. The third-order valence-corrected chi connectivity index (χ3v) is 3.46. The minimum Gasteiger partial charge on any atom is -0.423 e. The maximum atomic E-state index is 5.47. The molecule has 0 bridgehead atoms. The first-order chi connectivity index (χ1) is 6.12. The van der Waals surface area contributed by atoms with Crippen molar-refractivity contribution < 1.29 is 4.43 Å². The average Bonchev–Trinajstić information content (AvgIpc) is 2.11. The highest BCUT2D eigenvalue weighted by Gasteiger charge is 2.13. The molecule has 0 aliphatic heterocycles. The molecular formula is C11H24OSi. The Kier molecular flexibility index (Phi) is 7.29. The Bertz CT molecular complexity index is 141. The van der Waals surface area contributed by atoms with Gasteiger partial charge >= 0.3 is 0 Å². The fourth-order valence-electron chi connectivity index (χ4n) is 1.09. The van der Waals surface area contributed by atoms with Gasteiger partial charge in [0, 0.05) is 5.60 Å². The number of rotatable bonds is 7. The Hall–Kier alpha value is -0.0831. The van der Waals surface area contributed by atoms with Crippen LogP contribution in [0.4, 0.5) is 0 Å². The zero-order chi connectivity index (χ0) is 10.2. The molecule has 0 heterocycles. The van der Waals surface area contributed by atoms with Crippen LogP contribution in [0, 0.1) is 0 Å². The second-order valence-electron chi connectivity index (χ2n) is 4.12. The van der Waals surface area contributed by atoms with Crippen molar-refractivity contribution in [3.8, 4) is 0 Å². The Morgan fingerprint density at radius 3 is 2.38 bits per heavy atom. The van der Waals surface area contributed by atoms with Crippen molar-refractivity contribution in [1.82, 2.24) is 0 Å². The highest BCUT2D eigenvalue weighted by molar-refractivity contribution is 5.98. The Morgan fingerprint density at radius 2 is 1.85 bits per heavy atom. The molecule has 0 saturated carbocycles. The maximum absolute atomic E-state index is 5.47. The smallest absolute Gasteiger partial charge is 0.146 e. The van der Waals surface area contributed by atoms with E-state index in [1.165, 1.54) is 19.3 Å². The quantitative estimate of drug-likeness (QED) is 0.349. The topological polar surface area (TPSA) is 9.23 Å². The SMILES string of the molecule is CCCCC=CCCC(C)(C)O[SiH3]. The first kappa shape index (κ1) is 12.9. The van der Waals surface area contributed by atoms with E-state index in [0.717, 1.165) is 23.3 Å². The van der Waals surface area contributed by atoms with E-state index in [4.69, 9.17) is 4.43 Å². The Balaban J connectivity index is 3.38. The summed E-state index contributed by atoms with van der Waals surface area (Å²) in [6, 6.07) is 0. The zero-order valence-corrected chi connectivity index (χ0v) is 11.6. The van der Waals surface area contributed by atoms with Crippen LogP contribution in [0.3, 0.4) is 0 Å². The molecule has 0 unspecified atom stereocenters. The molecule has 0 radical (unpaired) electrons. The molecule has 0 aromatic heterocycles. The molecule has 0 fully saturated rings. The molecule has 0 rings (SSSR count). The number of hydrogen-bond donors (Lipinski definition) is 0. The van der Waals surface area contributed by atoms with E-state index in [9.17, 15) is 0 Å². The summed E-state index contributed by atoms with van der Waals surface area (Å²) in [5.74, 6) is 0. The zero-order valence-electron chi connectivity index (χ0n) is 9.60. The third-order valence-electron chi connectivity index (χ3n) is 2.36. The second-order valence-corrected chi connectivity index (χ2v) is 4.52. The van der Waals surface area contributed by atoms with E-state index < -0.39 is 0 Å². The summed E-state index contributed by atoms with van der Waals surface area (Å²) in [6.45, 7) is 6.56. The van der Waals surface area contributed by atoms with E-state index in [0.29, 0.717) is 0 Å². The van der Waals surface area contributed by atoms with Gasteiger partial charge in [0.25, 0.3) is 0 Å². The van der Waals surface area contributed by atoms with Gasteiger partial charge in [-0.05, 0) is 33.1 Å². The van der Waals surface area contributed by atoms with Crippen molar-refractivity contribution in [1.29, 1.82) is 0 Å². The summed E-state index contributed by atoms with van der Waals surface area (Å²) in [7, 11) is 0.844. The first-order valence-corrected chi connectivity index (χ1v) is 6.14. The van der Waals surface area contributed by atoms with Crippen molar-refractivity contribution >= 4 is 10.5 Å². The number of hydrogen-bond acceptors (Lipinski definition) is 1. The van der Waals surface area contributed by atoms with Gasteiger partial charge in [0.1, 0.15) is 10.5 Å². The minimum atomic E-state index is 0.0985. The monoisotopic (exact) mass is 200 g/mol. The molecule has 13 heavy (non-hydrogen) atoms. The molecule has 0 amide bonds. The molecular weight excluding hydrogens is 176 g/mol. The van der Waals surface area contributed by atoms with E-state index in [-0.39, 0.29) is 5.60 Å². The van der Waals surface area contributed by atoms with Crippen LogP contribution in [-0.4, -0.2) is 16.1 Å². The van der Waals surface area contributed by atoms with Crippen molar-refractivity contribution in [3.05, 3.63) is 12.2 Å². The highest BCUT2D eigenvalue weighted by atomic mass is 28.2. The molecule has 0 aromatic carbocycles. The van der Waals surface area contributed by atoms with Crippen LogP contribution < -0.4 is 0 Å². The van der Waals surface area contributed by atoms with Crippen molar-refractivity contribution in [2.75, 3.05) is 0 Å². The fraction of sp³-hybridized carbons (Fsp3) is 0.818. The molecule has 1 nitrogen and oxygen atoms in total. The molecule has 0 saturated heterocycles. The molecule has 0 spiro atoms. The van der Waals surface area contributed by atoms with Crippen LogP contribution in [-0.2, 0) is 4.43 Å². The maximum Gasteiger partial charge on any atom is 0.146 e. The van der Waals surface area contributed by atoms with E-state index in [1.807, 2.05) is 0 Å². The highest BCUT2D eigenvalue weighted by Crippen LogP contribution is 2.15. The third kappa shape index (κ3) is 8.25. The lowest BCUT2D eigenvalue weighted by atomic mass is 10.0. The normalized spacial score (nSPS) is 12.8. The van der Waals surface area contributed by atoms with Crippen LogP contribution in [0.15, 0.2) is 12.2 Å². The lowest BCUT2D eigenvalue weighted by Crippen LogP contribution is -2.22. The summed E-state index contributed by atoms with van der Waals surface area (Å²) in [5, 5.41) is 0. The lowest BCUT2D eigenvalue weighted by Gasteiger charge is -2.22. The summed E-state index contributed by atoms with van der Waals surface area (Å²) < 4.78 is 5.47. The van der Waals surface area contributed by atoms with Crippen molar-refractivity contribution in [2.45, 2.75) is 58.5 Å². The molecule has 0 aromatic rings. The van der Waals surface area contributed by atoms with Crippen molar-refractivity contribution in [2.24, 2.45) is 0 Å². The van der Waals surface area contributed by atoms with E-state index >= 15 is 0 Å². The minimum absolute atomic E-state index is 0.0985. The second kappa shape index (κ2) is 7.33. The predicted octanol–water partition coefficient (Wildman–Crippen LogP) is 2.59. The molecule has 78 valence electrons. The van der Waals surface area contributed by atoms with Gasteiger partial charge < -0.3 is 4.43 Å². The van der Waals surface area contributed by atoms with Crippen LogP contribution >= 0.6 is 0 Å². The Morgan fingerprint density at radius 1 is 1.23 bits per heavy atom. The molecule has 0 N–H and O–H groups in total. The van der Waals surface area contributed by atoms with E-state index in [2.05, 4.69) is 32.9 Å². The lowest BCUT2D eigenvalue weighted by molar-refractivity contribution is 0.114. The van der Waals surface area contributed by atoms with Gasteiger partial charge in [-0.2, -0.15) is 0 Å². The van der Waals surface area contributed by atoms with Gasteiger partial charge in [-0.15, -0.1) is 0 Å².